The summed E-state index contributed by atoms with van der Waals surface area (Å²) in [4.78, 5) is 35.5. The number of carbonyl (C=O) groups is 2. The second-order valence-corrected chi connectivity index (χ2v) is 8.87. The lowest BCUT2D eigenvalue weighted by molar-refractivity contribution is -0.126. The van der Waals surface area contributed by atoms with Crippen LogP contribution in [0.4, 0.5) is 4.79 Å². The van der Waals surface area contributed by atoms with Crippen LogP contribution in [0.2, 0.25) is 0 Å². The SMILES string of the molecule is O=C1NC(=O)[C@@](Cc2ccccc2)(C2CCN(Cc3ccc(Oc4ncccn4)cc3)CC2)N1. The molecule has 3 heterocycles. The van der Waals surface area contributed by atoms with Gasteiger partial charge in [0.2, 0.25) is 0 Å². The number of imide groups is 1. The Morgan fingerprint density at radius 1 is 0.912 bits per heavy atom. The maximum absolute atomic E-state index is 12.9. The van der Waals surface area contributed by atoms with Crippen molar-refractivity contribution in [2.75, 3.05) is 13.1 Å². The molecule has 34 heavy (non-hydrogen) atoms. The molecule has 2 aliphatic rings. The Morgan fingerprint density at radius 3 is 2.26 bits per heavy atom. The average Bonchev–Trinajstić information content (AvgIpc) is 3.15. The van der Waals surface area contributed by atoms with E-state index in [9.17, 15) is 9.59 Å². The number of urea groups is 1. The Hall–Kier alpha value is -3.78. The molecular weight excluding hydrogens is 430 g/mol. The summed E-state index contributed by atoms with van der Waals surface area (Å²) in [5.74, 6) is 0.564. The predicted molar refractivity (Wildman–Crippen MR) is 126 cm³/mol. The number of likely N-dealkylation sites (tertiary alicyclic amines) is 1. The molecule has 0 unspecified atom stereocenters. The predicted octanol–water partition coefficient (Wildman–Crippen LogP) is 3.30. The summed E-state index contributed by atoms with van der Waals surface area (Å²) in [6, 6.07) is 19.5. The van der Waals surface area contributed by atoms with Gasteiger partial charge < -0.3 is 10.1 Å². The number of piperidine rings is 1. The standard InChI is InChI=1S/C26H27N5O3/c32-23-26(30-24(33)29-23,17-19-5-2-1-3-6-19)21-11-15-31(16-12-21)18-20-7-9-22(10-8-20)34-25-27-13-4-14-28-25/h1-10,13-14,21H,11-12,15-18H2,(H2,29,30,32,33)/t26-/m1/s1. The highest BCUT2D eigenvalue weighted by Crippen LogP contribution is 2.34. The van der Waals surface area contributed by atoms with Gasteiger partial charge in [-0.15, -0.1) is 0 Å². The maximum atomic E-state index is 12.9. The van der Waals surface area contributed by atoms with Crippen LogP contribution >= 0.6 is 0 Å². The van der Waals surface area contributed by atoms with Gasteiger partial charge in [-0.25, -0.2) is 14.8 Å². The molecule has 2 aliphatic heterocycles. The van der Waals surface area contributed by atoms with Gasteiger partial charge in [0.25, 0.3) is 5.91 Å². The highest BCUT2D eigenvalue weighted by Gasteiger charge is 2.52. The van der Waals surface area contributed by atoms with Crippen molar-refractivity contribution in [2.45, 2.75) is 31.3 Å². The fourth-order valence-electron chi connectivity index (χ4n) is 4.93. The van der Waals surface area contributed by atoms with E-state index in [1.54, 1.807) is 18.5 Å². The Balaban J connectivity index is 1.20. The van der Waals surface area contributed by atoms with Crippen molar-refractivity contribution in [3.05, 3.63) is 84.2 Å². The number of hydrogen-bond acceptors (Lipinski definition) is 6. The number of nitrogens with one attached hydrogen (secondary N) is 2. The molecule has 8 nitrogen and oxygen atoms in total. The van der Waals surface area contributed by atoms with Crippen molar-refractivity contribution < 1.29 is 14.3 Å². The molecule has 3 amide bonds. The van der Waals surface area contributed by atoms with E-state index < -0.39 is 11.6 Å². The summed E-state index contributed by atoms with van der Waals surface area (Å²) in [5, 5.41) is 5.46. The summed E-state index contributed by atoms with van der Waals surface area (Å²) in [6.45, 7) is 2.54. The van der Waals surface area contributed by atoms with Crippen LogP contribution in [0.25, 0.3) is 0 Å². The molecular formula is C26H27N5O3. The molecule has 5 rings (SSSR count). The van der Waals surface area contributed by atoms with Crippen molar-refractivity contribution in [1.29, 1.82) is 0 Å². The van der Waals surface area contributed by atoms with Crippen molar-refractivity contribution in [3.63, 3.8) is 0 Å². The lowest BCUT2D eigenvalue weighted by atomic mass is 9.74. The first kappa shape index (κ1) is 22.0. The Kier molecular flexibility index (Phi) is 6.22. The number of rotatable bonds is 7. The summed E-state index contributed by atoms with van der Waals surface area (Å²) >= 11 is 0. The largest absolute Gasteiger partial charge is 0.424 e. The first-order chi connectivity index (χ1) is 16.6. The van der Waals surface area contributed by atoms with Gasteiger partial charge in [0, 0.05) is 25.4 Å². The molecule has 2 aromatic carbocycles. The third-order valence-electron chi connectivity index (χ3n) is 6.66. The van der Waals surface area contributed by atoms with Gasteiger partial charge in [-0.3, -0.25) is 15.0 Å². The fraction of sp³-hybridized carbons (Fsp3) is 0.308. The highest BCUT2D eigenvalue weighted by molar-refractivity contribution is 6.07. The van der Waals surface area contributed by atoms with Gasteiger partial charge in [0.15, 0.2) is 0 Å². The minimum Gasteiger partial charge on any atom is -0.424 e. The first-order valence-corrected chi connectivity index (χ1v) is 11.5. The second kappa shape index (κ2) is 9.61. The van der Waals surface area contributed by atoms with Crippen LogP contribution in [0.1, 0.15) is 24.0 Å². The molecule has 2 fully saturated rings. The molecule has 0 saturated carbocycles. The molecule has 0 spiro atoms. The van der Waals surface area contributed by atoms with Gasteiger partial charge >= 0.3 is 12.0 Å². The van der Waals surface area contributed by atoms with E-state index in [-0.39, 0.29) is 11.8 Å². The summed E-state index contributed by atoms with van der Waals surface area (Å²) < 4.78 is 5.66. The Morgan fingerprint density at radius 2 is 1.62 bits per heavy atom. The molecule has 0 radical (unpaired) electrons. The third-order valence-corrected chi connectivity index (χ3v) is 6.66. The van der Waals surface area contributed by atoms with Gasteiger partial charge in [-0.2, -0.15) is 0 Å². The molecule has 2 saturated heterocycles. The maximum Gasteiger partial charge on any atom is 0.322 e. The van der Waals surface area contributed by atoms with Crippen molar-refractivity contribution >= 4 is 11.9 Å². The van der Waals surface area contributed by atoms with Gasteiger partial charge in [-0.05, 0) is 61.2 Å². The van der Waals surface area contributed by atoms with E-state index in [1.807, 2.05) is 54.6 Å². The van der Waals surface area contributed by atoms with Crippen molar-refractivity contribution in [2.24, 2.45) is 5.92 Å². The molecule has 8 heteroatoms. The lowest BCUT2D eigenvalue weighted by Crippen LogP contribution is -2.57. The van der Waals surface area contributed by atoms with Crippen LogP contribution in [0, 0.1) is 5.92 Å². The summed E-state index contributed by atoms with van der Waals surface area (Å²) in [7, 11) is 0. The van der Waals surface area contributed by atoms with E-state index in [2.05, 4.69) is 25.5 Å². The number of benzene rings is 2. The van der Waals surface area contributed by atoms with E-state index in [0.29, 0.717) is 18.2 Å². The van der Waals surface area contributed by atoms with Crippen molar-refractivity contribution in [1.82, 2.24) is 25.5 Å². The summed E-state index contributed by atoms with van der Waals surface area (Å²) in [5.41, 5.74) is 1.35. The van der Waals surface area contributed by atoms with Crippen LogP contribution in [0.15, 0.2) is 73.1 Å². The van der Waals surface area contributed by atoms with Gasteiger partial charge in [0.1, 0.15) is 11.3 Å². The minimum absolute atomic E-state index is 0.0806. The number of ether oxygens (including phenoxy) is 1. The van der Waals surface area contributed by atoms with E-state index in [0.717, 1.165) is 38.0 Å². The Bertz CT molecular complexity index is 1130. The zero-order valence-electron chi connectivity index (χ0n) is 18.8. The second-order valence-electron chi connectivity index (χ2n) is 8.87. The Labute approximate surface area is 198 Å². The third kappa shape index (κ3) is 4.77. The van der Waals surface area contributed by atoms with Gasteiger partial charge in [0.05, 0.1) is 0 Å². The van der Waals surface area contributed by atoms with Crippen LogP contribution < -0.4 is 15.4 Å². The average molecular weight is 458 g/mol. The normalized spacial score (nSPS) is 21.2. The molecule has 1 aromatic heterocycles. The quantitative estimate of drug-likeness (QED) is 0.529. The first-order valence-electron chi connectivity index (χ1n) is 11.5. The van der Waals surface area contributed by atoms with Crippen LogP contribution in [-0.4, -0.2) is 45.4 Å². The highest BCUT2D eigenvalue weighted by atomic mass is 16.5. The molecule has 3 aromatic rings. The van der Waals surface area contributed by atoms with E-state index in [1.165, 1.54) is 5.56 Å². The zero-order valence-corrected chi connectivity index (χ0v) is 18.8. The van der Waals surface area contributed by atoms with E-state index in [4.69, 9.17) is 4.74 Å². The monoisotopic (exact) mass is 457 g/mol. The van der Waals surface area contributed by atoms with E-state index >= 15 is 0 Å². The lowest BCUT2D eigenvalue weighted by Gasteiger charge is -2.40. The van der Waals surface area contributed by atoms with Crippen LogP contribution in [0.3, 0.4) is 0 Å². The zero-order chi connectivity index (χ0) is 23.4. The number of nitrogens with zero attached hydrogens (tertiary/aromatic N) is 3. The number of aromatic nitrogens is 2. The van der Waals surface area contributed by atoms with Crippen LogP contribution in [-0.2, 0) is 17.8 Å². The fourth-order valence-corrected chi connectivity index (χ4v) is 4.93. The molecule has 0 bridgehead atoms. The molecule has 1 atom stereocenters. The molecule has 174 valence electrons. The van der Waals surface area contributed by atoms with Crippen LogP contribution in [0.5, 0.6) is 11.8 Å². The number of amides is 3. The smallest absolute Gasteiger partial charge is 0.322 e. The summed E-state index contributed by atoms with van der Waals surface area (Å²) in [6.07, 6.45) is 5.47. The molecule has 0 aliphatic carbocycles. The number of carbonyl (C=O) groups excluding carboxylic acids is 2. The molecule has 2 N–H and O–H groups in total. The minimum atomic E-state index is -0.886. The number of hydrogen-bond donors (Lipinski definition) is 2. The van der Waals surface area contributed by atoms with Crippen molar-refractivity contribution in [3.8, 4) is 11.8 Å². The topological polar surface area (TPSA) is 96.5 Å². The van der Waals surface area contributed by atoms with Gasteiger partial charge in [-0.1, -0.05) is 42.5 Å².